The first-order chi connectivity index (χ1) is 9.90. The number of ether oxygens (including phenoxy) is 1. The Morgan fingerprint density at radius 2 is 2.38 bits per heavy atom. The Balaban J connectivity index is 2.26. The molecule has 3 N–H and O–H groups in total. The normalized spacial score (nSPS) is 21.6. The van der Waals surface area contributed by atoms with Crippen LogP contribution in [-0.2, 0) is 21.3 Å². The van der Waals surface area contributed by atoms with Crippen LogP contribution in [0, 0.1) is 6.92 Å². The third-order valence-electron chi connectivity index (χ3n) is 3.37. The zero-order valence-electron chi connectivity index (χ0n) is 11.9. The summed E-state index contributed by atoms with van der Waals surface area (Å²) in [6.07, 6.45) is 0.756. The predicted octanol–water partition coefficient (Wildman–Crippen LogP) is -0.653. The fraction of sp³-hybridized carbons (Fsp3) is 0.636. The molecule has 21 heavy (non-hydrogen) atoms. The molecule has 2 rings (SSSR count). The molecule has 0 radical (unpaired) electrons. The van der Waals surface area contributed by atoms with E-state index in [1.54, 1.807) is 11.5 Å². The summed E-state index contributed by atoms with van der Waals surface area (Å²) in [4.78, 5) is 4.10. The summed E-state index contributed by atoms with van der Waals surface area (Å²) >= 11 is 0. The predicted molar refractivity (Wildman–Crippen MR) is 74.5 cm³/mol. The number of hydrogen-bond donors (Lipinski definition) is 2. The molecule has 1 aromatic heterocycles. The van der Waals surface area contributed by atoms with Gasteiger partial charge >= 0.3 is 0 Å². The zero-order chi connectivity index (χ0) is 15.6. The van der Waals surface area contributed by atoms with E-state index in [2.05, 4.69) is 10.1 Å². The standard InChI is InChI=1S/C11H19N5O4S/c1-3-15-7-10(13-8(15)2)21(18,19)16-4-5-20-9(6-16)11(12)14-17/h7,9,17H,3-6H2,1-2H3,(H2,12,14). The number of sulfonamides is 1. The molecule has 0 spiro atoms. The summed E-state index contributed by atoms with van der Waals surface area (Å²) < 4.78 is 33.4. The molecule has 0 bridgehead atoms. The number of nitrogens with two attached hydrogens (primary N) is 1. The van der Waals surface area contributed by atoms with Gasteiger partial charge in [0, 0.05) is 25.8 Å². The van der Waals surface area contributed by atoms with Crippen molar-refractivity contribution in [2.24, 2.45) is 10.9 Å². The summed E-state index contributed by atoms with van der Waals surface area (Å²) in [5.41, 5.74) is 5.48. The third-order valence-corrected chi connectivity index (χ3v) is 5.11. The van der Waals surface area contributed by atoms with Crippen LogP contribution in [0.4, 0.5) is 0 Å². The highest BCUT2D eigenvalue weighted by Gasteiger charge is 2.34. The largest absolute Gasteiger partial charge is 0.409 e. The van der Waals surface area contributed by atoms with Crippen molar-refractivity contribution >= 4 is 15.9 Å². The second-order valence-corrected chi connectivity index (χ2v) is 6.54. The van der Waals surface area contributed by atoms with Gasteiger partial charge in [0.15, 0.2) is 10.9 Å². The molecule has 0 saturated carbocycles. The van der Waals surface area contributed by atoms with E-state index in [1.165, 1.54) is 10.5 Å². The minimum Gasteiger partial charge on any atom is -0.409 e. The van der Waals surface area contributed by atoms with Gasteiger partial charge in [-0.1, -0.05) is 5.16 Å². The molecule has 1 aromatic rings. The van der Waals surface area contributed by atoms with E-state index in [4.69, 9.17) is 15.7 Å². The highest BCUT2D eigenvalue weighted by Crippen LogP contribution is 2.18. The van der Waals surface area contributed by atoms with Crippen LogP contribution in [0.2, 0.25) is 0 Å². The van der Waals surface area contributed by atoms with Crippen molar-refractivity contribution in [3.63, 3.8) is 0 Å². The number of imidazole rings is 1. The van der Waals surface area contributed by atoms with Crippen LogP contribution in [0.25, 0.3) is 0 Å². The minimum absolute atomic E-state index is 0.00186. The topological polar surface area (TPSA) is 123 Å². The highest BCUT2D eigenvalue weighted by molar-refractivity contribution is 7.89. The quantitative estimate of drug-likeness (QED) is 0.329. The van der Waals surface area contributed by atoms with Crippen LogP contribution in [-0.4, -0.2) is 59.1 Å². The molecule has 1 aliphatic rings. The Morgan fingerprint density at radius 1 is 1.67 bits per heavy atom. The van der Waals surface area contributed by atoms with E-state index in [1.807, 2.05) is 6.92 Å². The minimum atomic E-state index is -3.72. The number of rotatable bonds is 4. The van der Waals surface area contributed by atoms with E-state index >= 15 is 0 Å². The molecule has 118 valence electrons. The molecule has 1 saturated heterocycles. The molecule has 0 amide bonds. The molecule has 1 aliphatic heterocycles. The van der Waals surface area contributed by atoms with E-state index in [-0.39, 0.29) is 30.6 Å². The van der Waals surface area contributed by atoms with Crippen molar-refractivity contribution < 1.29 is 18.4 Å². The molecule has 0 aliphatic carbocycles. The van der Waals surface area contributed by atoms with Gasteiger partial charge in [-0.3, -0.25) is 0 Å². The van der Waals surface area contributed by atoms with Crippen LogP contribution < -0.4 is 5.73 Å². The van der Waals surface area contributed by atoms with Gasteiger partial charge in [-0.05, 0) is 13.8 Å². The first-order valence-corrected chi connectivity index (χ1v) is 7.97. The smallest absolute Gasteiger partial charge is 0.262 e. The number of aryl methyl sites for hydroxylation is 2. The second kappa shape index (κ2) is 6.00. The lowest BCUT2D eigenvalue weighted by atomic mass is 10.3. The van der Waals surface area contributed by atoms with Gasteiger partial charge < -0.3 is 20.2 Å². The summed E-state index contributed by atoms with van der Waals surface area (Å²) in [5.74, 6) is 0.488. The summed E-state index contributed by atoms with van der Waals surface area (Å²) in [7, 11) is -3.72. The number of hydrogen-bond acceptors (Lipinski definition) is 6. The monoisotopic (exact) mass is 317 g/mol. The van der Waals surface area contributed by atoms with Crippen molar-refractivity contribution in [1.29, 1.82) is 0 Å². The lowest BCUT2D eigenvalue weighted by Gasteiger charge is -2.30. The van der Waals surface area contributed by atoms with Crippen LogP contribution in [0.5, 0.6) is 0 Å². The highest BCUT2D eigenvalue weighted by atomic mass is 32.2. The average Bonchev–Trinajstić information content (AvgIpc) is 2.88. The van der Waals surface area contributed by atoms with Crippen molar-refractivity contribution in [3.8, 4) is 0 Å². The first kappa shape index (κ1) is 15.7. The Kier molecular flexibility index (Phi) is 4.49. The summed E-state index contributed by atoms with van der Waals surface area (Å²) in [5, 5.41) is 11.5. The fourth-order valence-electron chi connectivity index (χ4n) is 2.14. The van der Waals surface area contributed by atoms with Crippen molar-refractivity contribution in [1.82, 2.24) is 13.9 Å². The van der Waals surface area contributed by atoms with Crippen LogP contribution in [0.3, 0.4) is 0 Å². The van der Waals surface area contributed by atoms with E-state index in [0.717, 1.165) is 0 Å². The molecule has 1 unspecified atom stereocenters. The Labute approximate surface area is 123 Å². The van der Waals surface area contributed by atoms with E-state index in [9.17, 15) is 8.42 Å². The first-order valence-electron chi connectivity index (χ1n) is 6.53. The second-order valence-electron chi connectivity index (χ2n) is 4.66. The Morgan fingerprint density at radius 3 is 2.95 bits per heavy atom. The lowest BCUT2D eigenvalue weighted by Crippen LogP contribution is -2.50. The molecule has 2 heterocycles. The number of amidine groups is 1. The van der Waals surface area contributed by atoms with Crippen LogP contribution in [0.1, 0.15) is 12.7 Å². The lowest BCUT2D eigenvalue weighted by molar-refractivity contribution is 0.0354. The van der Waals surface area contributed by atoms with Gasteiger partial charge in [0.1, 0.15) is 11.9 Å². The molecule has 0 aromatic carbocycles. The maximum atomic E-state index is 12.6. The Bertz CT molecular complexity index is 639. The molecule has 1 fully saturated rings. The maximum Gasteiger partial charge on any atom is 0.262 e. The van der Waals surface area contributed by atoms with Gasteiger partial charge in [-0.25, -0.2) is 13.4 Å². The van der Waals surface area contributed by atoms with Gasteiger partial charge in [0.2, 0.25) is 0 Å². The molecule has 9 nitrogen and oxygen atoms in total. The number of nitrogens with zero attached hydrogens (tertiary/aromatic N) is 4. The van der Waals surface area contributed by atoms with E-state index in [0.29, 0.717) is 12.4 Å². The number of morpholine rings is 1. The molecular weight excluding hydrogens is 298 g/mol. The van der Waals surface area contributed by atoms with Gasteiger partial charge in [-0.2, -0.15) is 4.31 Å². The fourth-order valence-corrected chi connectivity index (χ4v) is 3.56. The Hall–Kier alpha value is -1.65. The van der Waals surface area contributed by atoms with E-state index < -0.39 is 16.1 Å². The number of oxime groups is 1. The average molecular weight is 317 g/mol. The molecular formula is C11H19N5O4S. The summed E-state index contributed by atoms with van der Waals surface area (Å²) in [6, 6.07) is 0. The molecule has 1 atom stereocenters. The van der Waals surface area contributed by atoms with Crippen LogP contribution >= 0.6 is 0 Å². The maximum absolute atomic E-state index is 12.6. The van der Waals surface area contributed by atoms with Crippen molar-refractivity contribution in [3.05, 3.63) is 12.0 Å². The third kappa shape index (κ3) is 3.01. The summed E-state index contributed by atoms with van der Waals surface area (Å²) in [6.45, 7) is 4.68. The zero-order valence-corrected chi connectivity index (χ0v) is 12.7. The SMILES string of the molecule is CCn1cc(S(=O)(=O)N2CCOC(C(N)=NO)C2)nc1C. The van der Waals surface area contributed by atoms with Gasteiger partial charge in [-0.15, -0.1) is 0 Å². The van der Waals surface area contributed by atoms with Crippen molar-refractivity contribution in [2.45, 2.75) is 31.5 Å². The molecule has 10 heteroatoms. The van der Waals surface area contributed by atoms with Gasteiger partial charge in [0.05, 0.1) is 6.61 Å². The van der Waals surface area contributed by atoms with Crippen molar-refractivity contribution in [2.75, 3.05) is 19.7 Å². The van der Waals surface area contributed by atoms with Gasteiger partial charge in [0.25, 0.3) is 10.0 Å². The van der Waals surface area contributed by atoms with Crippen LogP contribution in [0.15, 0.2) is 16.4 Å². The number of aromatic nitrogens is 2.